The van der Waals surface area contributed by atoms with Crippen molar-refractivity contribution in [3.63, 3.8) is 0 Å². The van der Waals surface area contributed by atoms with Crippen LogP contribution in [0.15, 0.2) is 132 Å². The number of hydrogen-bond acceptors (Lipinski definition) is 4. The molecular weight excluding hydrogens is 617 g/mol. The summed E-state index contributed by atoms with van der Waals surface area (Å²) in [6, 6.07) is 37.1. The number of phenolic OH excluding ortho intramolecular Hbond substituents is 1. The lowest BCUT2D eigenvalue weighted by Crippen LogP contribution is -2.07. The van der Waals surface area contributed by atoms with Crippen molar-refractivity contribution in [2.75, 3.05) is 0 Å². The highest BCUT2D eigenvalue weighted by atomic mass is 127. The van der Waals surface area contributed by atoms with Gasteiger partial charge in [0, 0.05) is 26.3 Å². The summed E-state index contributed by atoms with van der Waals surface area (Å²) in [6.45, 7) is 0. The Morgan fingerprint density at radius 3 is 2.10 bits per heavy atom. The Bertz CT molecular complexity index is 1990. The number of pyridine rings is 1. The van der Waals surface area contributed by atoms with Crippen LogP contribution < -0.4 is 0 Å². The van der Waals surface area contributed by atoms with E-state index in [0.717, 1.165) is 27.5 Å². The average molecular weight is 640 g/mol. The van der Waals surface area contributed by atoms with Crippen LogP contribution >= 0.6 is 22.6 Å². The number of hydrogen-bond donors (Lipinski definition) is 1. The number of fused-ring (bicyclic) bond motifs is 2. The molecule has 6 rings (SSSR count). The van der Waals surface area contributed by atoms with E-state index in [-0.39, 0.29) is 21.1 Å². The lowest BCUT2D eigenvalue weighted by molar-refractivity contribution is 0.474. The number of sulfone groups is 1. The SMILES string of the molecule is O=S(=O)(/C(=C(/I)c1c(-c2ccccc2)ccc2ccccc12)c1c(O)ccc2ncccc12)c1ccccc1. The second kappa shape index (κ2) is 10.3. The van der Waals surface area contributed by atoms with Gasteiger partial charge in [0.05, 0.1) is 15.3 Å². The summed E-state index contributed by atoms with van der Waals surface area (Å²) in [5.74, 6) is -0.124. The molecule has 0 amide bonds. The molecule has 1 heterocycles. The molecule has 39 heavy (non-hydrogen) atoms. The molecule has 5 aromatic carbocycles. The van der Waals surface area contributed by atoms with Crippen LogP contribution in [0.25, 0.3) is 41.3 Å². The van der Waals surface area contributed by atoms with Gasteiger partial charge in [-0.15, -0.1) is 0 Å². The van der Waals surface area contributed by atoms with Crippen LogP contribution in [-0.4, -0.2) is 18.5 Å². The zero-order valence-corrected chi connectivity index (χ0v) is 23.6. The lowest BCUT2D eigenvalue weighted by atomic mass is 9.93. The number of benzene rings is 5. The standard InChI is InChI=1S/C33H22INO3S/c34-32(30-25-15-8-7-12-23(25)17-18-26(30)22-10-3-1-4-11-22)33(39(37,38)24-13-5-2-6-14-24)31-27-16-9-21-35-28(27)19-20-29(31)36/h1-21,36H/b33-32+. The summed E-state index contributed by atoms with van der Waals surface area (Å²) in [5.41, 5.74) is 3.48. The number of aromatic hydroxyl groups is 1. The molecule has 0 saturated carbocycles. The molecule has 0 aliphatic carbocycles. The molecule has 0 bridgehead atoms. The lowest BCUT2D eigenvalue weighted by Gasteiger charge is -2.19. The molecule has 0 spiro atoms. The topological polar surface area (TPSA) is 67.3 Å². The van der Waals surface area contributed by atoms with Gasteiger partial charge in [0.25, 0.3) is 0 Å². The van der Waals surface area contributed by atoms with E-state index in [0.29, 0.717) is 14.5 Å². The molecule has 0 fully saturated rings. The highest BCUT2D eigenvalue weighted by molar-refractivity contribution is 14.1. The Labute approximate surface area is 240 Å². The van der Waals surface area contributed by atoms with Crippen molar-refractivity contribution in [3.05, 3.63) is 139 Å². The fraction of sp³-hybridized carbons (Fsp3) is 0. The van der Waals surface area contributed by atoms with E-state index in [9.17, 15) is 13.5 Å². The number of nitrogens with zero attached hydrogens (tertiary/aromatic N) is 1. The largest absolute Gasteiger partial charge is 0.507 e. The third kappa shape index (κ3) is 4.49. The molecule has 190 valence electrons. The minimum atomic E-state index is -4.10. The smallest absolute Gasteiger partial charge is 0.208 e. The van der Waals surface area contributed by atoms with E-state index >= 15 is 0 Å². The maximum absolute atomic E-state index is 14.5. The second-order valence-electron chi connectivity index (χ2n) is 9.06. The molecular formula is C33H22INO3S. The van der Waals surface area contributed by atoms with Gasteiger partial charge in [0.15, 0.2) is 0 Å². The zero-order valence-electron chi connectivity index (χ0n) is 20.6. The zero-order chi connectivity index (χ0) is 27.0. The van der Waals surface area contributed by atoms with Crippen molar-refractivity contribution in [1.82, 2.24) is 4.98 Å². The first kappa shape index (κ1) is 25.3. The molecule has 0 unspecified atom stereocenters. The molecule has 0 saturated heterocycles. The quantitative estimate of drug-likeness (QED) is 0.152. The van der Waals surface area contributed by atoms with Crippen LogP contribution in [0.4, 0.5) is 0 Å². The van der Waals surface area contributed by atoms with Crippen LogP contribution in [0.5, 0.6) is 5.75 Å². The Morgan fingerprint density at radius 1 is 0.667 bits per heavy atom. The first-order valence-corrected chi connectivity index (χ1v) is 14.9. The van der Waals surface area contributed by atoms with Crippen molar-refractivity contribution < 1.29 is 13.5 Å². The minimum Gasteiger partial charge on any atom is -0.507 e. The summed E-state index contributed by atoms with van der Waals surface area (Å²) in [7, 11) is -4.10. The predicted octanol–water partition coefficient (Wildman–Crippen LogP) is 8.50. The average Bonchev–Trinajstić information content (AvgIpc) is 2.98. The highest BCUT2D eigenvalue weighted by Gasteiger charge is 2.31. The van der Waals surface area contributed by atoms with E-state index in [1.54, 1.807) is 54.7 Å². The summed E-state index contributed by atoms with van der Waals surface area (Å²) >= 11 is 2.14. The molecule has 0 aliphatic heterocycles. The van der Waals surface area contributed by atoms with E-state index in [1.807, 2.05) is 60.7 Å². The fourth-order valence-electron chi connectivity index (χ4n) is 4.94. The highest BCUT2D eigenvalue weighted by Crippen LogP contribution is 2.48. The van der Waals surface area contributed by atoms with Gasteiger partial charge >= 0.3 is 0 Å². The summed E-state index contributed by atoms with van der Waals surface area (Å²) in [5, 5.41) is 13.7. The third-order valence-corrected chi connectivity index (χ3v) is 10.0. The molecule has 0 atom stereocenters. The minimum absolute atomic E-state index is 0.0407. The Balaban J connectivity index is 1.82. The summed E-state index contributed by atoms with van der Waals surface area (Å²) in [4.78, 5) is 4.63. The molecule has 6 heteroatoms. The van der Waals surface area contributed by atoms with Crippen LogP contribution in [-0.2, 0) is 9.84 Å². The Kier molecular flexibility index (Phi) is 6.66. The monoisotopic (exact) mass is 639 g/mol. The Hall–Kier alpha value is -4.01. The molecule has 6 aromatic rings. The summed E-state index contributed by atoms with van der Waals surface area (Å²) in [6.07, 6.45) is 1.65. The normalized spacial score (nSPS) is 12.4. The van der Waals surface area contributed by atoms with Crippen LogP contribution in [0, 0.1) is 0 Å². The number of phenols is 1. The first-order chi connectivity index (χ1) is 19.0. The molecule has 1 N–H and O–H groups in total. The van der Waals surface area contributed by atoms with Gasteiger partial charge in [-0.2, -0.15) is 0 Å². The number of halogens is 1. The van der Waals surface area contributed by atoms with Gasteiger partial charge in [0.1, 0.15) is 5.75 Å². The fourth-order valence-corrected chi connectivity index (χ4v) is 8.23. The van der Waals surface area contributed by atoms with Crippen molar-refractivity contribution >= 4 is 62.6 Å². The second-order valence-corrected chi connectivity index (χ2v) is 12.0. The van der Waals surface area contributed by atoms with Crippen molar-refractivity contribution in [2.45, 2.75) is 4.90 Å². The van der Waals surface area contributed by atoms with E-state index in [4.69, 9.17) is 0 Å². The van der Waals surface area contributed by atoms with Gasteiger partial charge in [-0.1, -0.05) is 91.0 Å². The van der Waals surface area contributed by atoms with Gasteiger partial charge in [-0.05, 0) is 74.8 Å². The molecule has 0 radical (unpaired) electrons. The van der Waals surface area contributed by atoms with E-state index in [1.165, 1.54) is 6.07 Å². The van der Waals surface area contributed by atoms with Crippen LogP contribution in [0.1, 0.15) is 11.1 Å². The van der Waals surface area contributed by atoms with Gasteiger partial charge in [0.2, 0.25) is 9.84 Å². The maximum atomic E-state index is 14.5. The van der Waals surface area contributed by atoms with Gasteiger partial charge in [-0.3, -0.25) is 4.98 Å². The van der Waals surface area contributed by atoms with Gasteiger partial charge < -0.3 is 5.11 Å². The van der Waals surface area contributed by atoms with Gasteiger partial charge in [-0.25, -0.2) is 8.42 Å². The van der Waals surface area contributed by atoms with Crippen LogP contribution in [0.3, 0.4) is 0 Å². The third-order valence-electron chi connectivity index (χ3n) is 6.75. The van der Waals surface area contributed by atoms with Crippen molar-refractivity contribution in [2.24, 2.45) is 0 Å². The molecule has 4 nitrogen and oxygen atoms in total. The first-order valence-electron chi connectivity index (χ1n) is 12.3. The van der Waals surface area contributed by atoms with Crippen molar-refractivity contribution in [3.8, 4) is 16.9 Å². The molecule has 0 aliphatic rings. The number of aromatic nitrogens is 1. The van der Waals surface area contributed by atoms with Crippen molar-refractivity contribution in [1.29, 1.82) is 0 Å². The maximum Gasteiger partial charge on any atom is 0.208 e. The molecule has 1 aromatic heterocycles. The van der Waals surface area contributed by atoms with Crippen LogP contribution in [0.2, 0.25) is 0 Å². The summed E-state index contributed by atoms with van der Waals surface area (Å²) < 4.78 is 29.6. The van der Waals surface area contributed by atoms with E-state index in [2.05, 4.69) is 33.6 Å². The predicted molar refractivity (Wildman–Crippen MR) is 167 cm³/mol. The van der Waals surface area contributed by atoms with E-state index < -0.39 is 9.84 Å². The Morgan fingerprint density at radius 2 is 1.33 bits per heavy atom. The number of rotatable bonds is 5.